The van der Waals surface area contributed by atoms with Crippen molar-refractivity contribution < 1.29 is 9.53 Å². The lowest BCUT2D eigenvalue weighted by Crippen LogP contribution is -2.39. The molecule has 0 bridgehead atoms. The first kappa shape index (κ1) is 20.2. The van der Waals surface area contributed by atoms with E-state index in [0.29, 0.717) is 24.2 Å². The van der Waals surface area contributed by atoms with Gasteiger partial charge in [-0.3, -0.25) is 0 Å². The highest BCUT2D eigenvalue weighted by atomic mass is 16.5. The van der Waals surface area contributed by atoms with Crippen molar-refractivity contribution in [3.63, 3.8) is 0 Å². The highest BCUT2D eigenvalue weighted by molar-refractivity contribution is 5.80. The molecule has 2 aromatic carbocycles. The topological polar surface area (TPSA) is 77.1 Å². The van der Waals surface area contributed by atoms with Gasteiger partial charge in [-0.2, -0.15) is 10.5 Å². The maximum atomic E-state index is 12.7. The summed E-state index contributed by atoms with van der Waals surface area (Å²) in [5, 5.41) is 18.8. The number of nitriles is 2. The molecule has 0 aliphatic carbocycles. The second kappa shape index (κ2) is 8.63. The van der Waals surface area contributed by atoms with Crippen LogP contribution in [0, 0.1) is 22.7 Å². The van der Waals surface area contributed by atoms with Crippen molar-refractivity contribution >= 4 is 5.97 Å². The monoisotopic (exact) mass is 385 g/mol. The molecule has 0 N–H and O–H groups in total. The Morgan fingerprint density at radius 2 is 1.59 bits per heavy atom. The fraction of sp³-hybridized carbons (Fsp3) is 0.292. The van der Waals surface area contributed by atoms with Gasteiger partial charge in [0.2, 0.25) is 0 Å². The van der Waals surface area contributed by atoms with E-state index in [2.05, 4.69) is 12.1 Å². The minimum atomic E-state index is -0.541. The van der Waals surface area contributed by atoms with Gasteiger partial charge in [0.25, 0.3) is 0 Å². The molecular formula is C24H23N3O2. The van der Waals surface area contributed by atoms with Crippen LogP contribution in [0.4, 0.5) is 0 Å². The number of ether oxygens (including phenoxy) is 1. The summed E-state index contributed by atoms with van der Waals surface area (Å²) >= 11 is 0. The van der Waals surface area contributed by atoms with E-state index in [1.54, 1.807) is 19.1 Å². The zero-order chi connectivity index (χ0) is 21.0. The third kappa shape index (κ3) is 3.73. The molecule has 5 nitrogen and oxygen atoms in total. The Bertz CT molecular complexity index is 1010. The van der Waals surface area contributed by atoms with Gasteiger partial charge in [-0.05, 0) is 42.2 Å². The van der Waals surface area contributed by atoms with Gasteiger partial charge >= 0.3 is 5.97 Å². The van der Waals surface area contributed by atoms with E-state index in [0.717, 1.165) is 22.4 Å². The van der Waals surface area contributed by atoms with Gasteiger partial charge < -0.3 is 9.64 Å². The summed E-state index contributed by atoms with van der Waals surface area (Å²) in [7, 11) is 1.85. The fourth-order valence-electron chi connectivity index (χ4n) is 3.98. The summed E-state index contributed by atoms with van der Waals surface area (Å²) in [6, 6.07) is 19.2. The second-order valence-corrected chi connectivity index (χ2v) is 6.92. The molecule has 2 aromatic rings. The quantitative estimate of drug-likeness (QED) is 0.714. The number of likely N-dealkylation sites (N-methyl/N-ethyl adjacent to an activating group) is 1. The highest BCUT2D eigenvalue weighted by Crippen LogP contribution is 2.42. The third-order valence-corrected chi connectivity index (χ3v) is 5.38. The van der Waals surface area contributed by atoms with E-state index >= 15 is 0 Å². The van der Waals surface area contributed by atoms with E-state index in [9.17, 15) is 10.1 Å². The van der Waals surface area contributed by atoms with Gasteiger partial charge in [-0.1, -0.05) is 43.3 Å². The number of hydrogen-bond acceptors (Lipinski definition) is 5. The van der Waals surface area contributed by atoms with Crippen LogP contribution in [0.3, 0.4) is 0 Å². The number of rotatable bonds is 5. The minimum absolute atomic E-state index is 0.302. The van der Waals surface area contributed by atoms with Crippen molar-refractivity contribution in [1.82, 2.24) is 4.90 Å². The van der Waals surface area contributed by atoms with Gasteiger partial charge in [-0.25, -0.2) is 4.79 Å². The predicted octanol–water partition coefficient (Wildman–Crippen LogP) is 4.37. The van der Waals surface area contributed by atoms with Crippen molar-refractivity contribution in [2.24, 2.45) is 0 Å². The van der Waals surface area contributed by atoms with Crippen molar-refractivity contribution in [3.8, 4) is 23.3 Å². The molecule has 0 spiro atoms. The third-order valence-electron chi connectivity index (χ3n) is 5.38. The molecule has 29 heavy (non-hydrogen) atoms. The molecule has 1 heterocycles. The smallest absolute Gasteiger partial charge is 0.329 e. The molecule has 2 unspecified atom stereocenters. The average Bonchev–Trinajstić information content (AvgIpc) is 3.05. The first-order valence-electron chi connectivity index (χ1n) is 9.68. The van der Waals surface area contributed by atoms with Gasteiger partial charge in [0.15, 0.2) is 0 Å². The zero-order valence-electron chi connectivity index (χ0n) is 16.8. The Morgan fingerprint density at radius 1 is 1.00 bits per heavy atom. The summed E-state index contributed by atoms with van der Waals surface area (Å²) in [5.74, 6) is -0.665. The van der Waals surface area contributed by atoms with E-state index in [4.69, 9.17) is 10.00 Å². The average molecular weight is 385 g/mol. The summed E-state index contributed by atoms with van der Waals surface area (Å²) in [6.07, 6.45) is 0.676. The first-order chi connectivity index (χ1) is 14.0. The van der Waals surface area contributed by atoms with Gasteiger partial charge in [0.1, 0.15) is 6.04 Å². The van der Waals surface area contributed by atoms with Gasteiger partial charge in [0.05, 0.1) is 35.8 Å². The van der Waals surface area contributed by atoms with Crippen LogP contribution in [0.25, 0.3) is 11.1 Å². The lowest BCUT2D eigenvalue weighted by Gasteiger charge is -2.27. The van der Waals surface area contributed by atoms with Gasteiger partial charge in [0, 0.05) is 12.7 Å². The first-order valence-corrected chi connectivity index (χ1v) is 9.68. The molecule has 146 valence electrons. The summed E-state index contributed by atoms with van der Waals surface area (Å²) in [5.41, 5.74) is 5.05. The number of allylic oxidation sites excluding steroid dienone is 1. The normalized spacial score (nSPS) is 18.3. The van der Waals surface area contributed by atoms with E-state index in [-0.39, 0.29) is 11.9 Å². The Morgan fingerprint density at radius 3 is 2.07 bits per heavy atom. The largest absolute Gasteiger partial charge is 0.464 e. The molecule has 3 rings (SSSR count). The Hall–Kier alpha value is -3.57. The molecule has 0 amide bonds. The summed E-state index contributed by atoms with van der Waals surface area (Å²) in [6.45, 7) is 4.08. The second-order valence-electron chi connectivity index (χ2n) is 6.92. The minimum Gasteiger partial charge on any atom is -0.464 e. The van der Waals surface area contributed by atoms with Gasteiger partial charge in [-0.15, -0.1) is 0 Å². The number of esters is 1. The molecule has 2 atom stereocenters. The van der Waals surface area contributed by atoms with Crippen molar-refractivity contribution in [2.75, 3.05) is 13.7 Å². The van der Waals surface area contributed by atoms with Crippen LogP contribution >= 0.6 is 0 Å². The van der Waals surface area contributed by atoms with Crippen LogP contribution in [-0.2, 0) is 9.53 Å². The summed E-state index contributed by atoms with van der Waals surface area (Å²) in [4.78, 5) is 14.6. The van der Waals surface area contributed by atoms with Crippen molar-refractivity contribution in [2.45, 2.75) is 32.2 Å². The highest BCUT2D eigenvalue weighted by Gasteiger charge is 2.44. The number of benzene rings is 2. The lowest BCUT2D eigenvalue weighted by atomic mass is 9.86. The van der Waals surface area contributed by atoms with Crippen LogP contribution in [0.15, 0.2) is 59.8 Å². The Kier molecular flexibility index (Phi) is 6.00. The number of carbonyl (C=O) groups excluding carboxylic acids is 1. The molecule has 1 aliphatic heterocycles. The van der Waals surface area contributed by atoms with Crippen molar-refractivity contribution in [1.29, 1.82) is 10.5 Å². The molecule has 0 fully saturated rings. The molecule has 0 radical (unpaired) electrons. The number of nitrogens with zero attached hydrogens (tertiary/aromatic N) is 3. The standard InChI is InChI=1S/C24H23N3O2/c1-4-21-20(15-26)22(23(27(21)3)24(28)29-5-2)19-12-10-18(11-13-19)17-8-6-16(14-25)7-9-17/h6-13,22-23H,4-5H2,1-3H3. The van der Waals surface area contributed by atoms with Crippen LogP contribution < -0.4 is 0 Å². The molecule has 0 aromatic heterocycles. The van der Waals surface area contributed by atoms with Crippen LogP contribution in [0.1, 0.15) is 37.3 Å². The molecule has 0 saturated heterocycles. The SMILES string of the molecule is CCOC(=O)C1C(c2ccc(-c3ccc(C#N)cc3)cc2)C(C#N)=C(CC)N1C. The molecular weight excluding hydrogens is 362 g/mol. The summed E-state index contributed by atoms with van der Waals surface area (Å²) < 4.78 is 5.31. The Labute approximate surface area is 171 Å². The van der Waals surface area contributed by atoms with Crippen LogP contribution in [-0.4, -0.2) is 30.6 Å². The van der Waals surface area contributed by atoms with Crippen LogP contribution in [0.5, 0.6) is 0 Å². The lowest BCUT2D eigenvalue weighted by molar-refractivity contribution is -0.148. The number of carbonyl (C=O) groups is 1. The van der Waals surface area contributed by atoms with E-state index in [1.807, 2.05) is 55.3 Å². The number of hydrogen-bond donors (Lipinski definition) is 0. The maximum absolute atomic E-state index is 12.7. The van der Waals surface area contributed by atoms with E-state index < -0.39 is 6.04 Å². The van der Waals surface area contributed by atoms with Crippen molar-refractivity contribution in [3.05, 3.63) is 70.9 Å². The molecule has 0 saturated carbocycles. The fourth-order valence-corrected chi connectivity index (χ4v) is 3.98. The van der Waals surface area contributed by atoms with E-state index in [1.165, 1.54) is 0 Å². The van der Waals surface area contributed by atoms with Crippen LogP contribution in [0.2, 0.25) is 0 Å². The molecule has 1 aliphatic rings. The Balaban J connectivity index is 1.99. The maximum Gasteiger partial charge on any atom is 0.329 e. The molecule has 5 heteroatoms. The zero-order valence-corrected chi connectivity index (χ0v) is 16.8. The predicted molar refractivity (Wildman–Crippen MR) is 110 cm³/mol.